The molecule has 174 valence electrons. The third-order valence-corrected chi connectivity index (χ3v) is 6.02. The predicted octanol–water partition coefficient (Wildman–Crippen LogP) is 4.01. The van der Waals surface area contributed by atoms with Gasteiger partial charge in [-0.15, -0.1) is 0 Å². The summed E-state index contributed by atoms with van der Waals surface area (Å²) < 4.78 is 12.1. The van der Waals surface area contributed by atoms with Crippen molar-refractivity contribution in [1.82, 2.24) is 9.55 Å². The molecule has 2 N–H and O–H groups in total. The van der Waals surface area contributed by atoms with Crippen molar-refractivity contribution in [3.63, 3.8) is 0 Å². The number of methoxy groups -OCH3 is 2. The molecule has 8 nitrogen and oxygen atoms in total. The highest BCUT2D eigenvalue weighted by Gasteiger charge is 2.26. The molecule has 8 heteroatoms. The van der Waals surface area contributed by atoms with Gasteiger partial charge in [0, 0.05) is 31.5 Å². The highest BCUT2D eigenvalue weighted by Crippen LogP contribution is 2.34. The maximum absolute atomic E-state index is 12.9. The fourth-order valence-corrected chi connectivity index (χ4v) is 4.03. The standard InChI is InChI=1S/C25H30N4O4/c1-32-14-13-29-23(25(31)33-2)22(28-21(30)12-11-17-7-4-3-5-8-17)20-15-19(16-26-24(20)29)27-18-9-6-10-18/h3-5,7-8,15-16,18,27H,6,9-14H2,1-2H3,(H,28,30). The zero-order valence-corrected chi connectivity index (χ0v) is 19.1. The van der Waals surface area contributed by atoms with Crippen molar-refractivity contribution >= 4 is 34.3 Å². The quantitative estimate of drug-likeness (QED) is 0.454. The molecule has 0 unspecified atom stereocenters. The van der Waals surface area contributed by atoms with Gasteiger partial charge in [0.05, 0.1) is 31.3 Å². The number of ether oxygens (including phenoxy) is 2. The first-order valence-corrected chi connectivity index (χ1v) is 11.3. The second kappa shape index (κ2) is 10.5. The number of aromatic nitrogens is 2. The molecule has 1 aliphatic rings. The van der Waals surface area contributed by atoms with E-state index in [2.05, 4.69) is 15.6 Å². The van der Waals surface area contributed by atoms with Gasteiger partial charge in [0.25, 0.3) is 0 Å². The number of nitrogens with zero attached hydrogens (tertiary/aromatic N) is 2. The van der Waals surface area contributed by atoms with Crippen molar-refractivity contribution in [2.24, 2.45) is 0 Å². The van der Waals surface area contributed by atoms with Gasteiger partial charge in [0.2, 0.25) is 5.91 Å². The second-order valence-electron chi connectivity index (χ2n) is 8.26. The highest BCUT2D eigenvalue weighted by atomic mass is 16.5. The summed E-state index contributed by atoms with van der Waals surface area (Å²) >= 11 is 0. The lowest BCUT2D eigenvalue weighted by molar-refractivity contribution is -0.116. The first kappa shape index (κ1) is 22.8. The van der Waals surface area contributed by atoms with E-state index in [1.807, 2.05) is 36.4 Å². The fraction of sp³-hybridized carbons (Fsp3) is 0.400. The third-order valence-electron chi connectivity index (χ3n) is 6.02. The van der Waals surface area contributed by atoms with Crippen molar-refractivity contribution in [2.45, 2.75) is 44.7 Å². The number of benzene rings is 1. The van der Waals surface area contributed by atoms with E-state index in [4.69, 9.17) is 9.47 Å². The topological polar surface area (TPSA) is 94.5 Å². The number of rotatable bonds is 10. The van der Waals surface area contributed by atoms with Crippen molar-refractivity contribution in [1.29, 1.82) is 0 Å². The number of pyridine rings is 1. The lowest BCUT2D eigenvalue weighted by Gasteiger charge is -2.27. The van der Waals surface area contributed by atoms with Gasteiger partial charge >= 0.3 is 5.97 Å². The number of aryl methyl sites for hydroxylation is 1. The maximum atomic E-state index is 12.9. The van der Waals surface area contributed by atoms with Gasteiger partial charge in [0.15, 0.2) is 5.69 Å². The SMILES string of the molecule is COCCn1c(C(=O)OC)c(NC(=O)CCc2ccccc2)c2cc(NC3CCC3)cnc21. The van der Waals surface area contributed by atoms with Crippen LogP contribution >= 0.6 is 0 Å². The lowest BCUT2D eigenvalue weighted by atomic mass is 9.93. The highest BCUT2D eigenvalue weighted by molar-refractivity contribution is 6.11. The van der Waals surface area contributed by atoms with Crippen LogP contribution in [0.15, 0.2) is 42.6 Å². The molecule has 1 amide bonds. The number of carbonyl (C=O) groups is 2. The van der Waals surface area contributed by atoms with Crippen molar-refractivity contribution in [3.8, 4) is 0 Å². The molecule has 2 aromatic heterocycles. The van der Waals surface area contributed by atoms with E-state index in [-0.39, 0.29) is 11.6 Å². The molecule has 1 aliphatic carbocycles. The zero-order chi connectivity index (χ0) is 23.2. The zero-order valence-electron chi connectivity index (χ0n) is 19.1. The number of hydrogen-bond donors (Lipinski definition) is 2. The second-order valence-corrected chi connectivity index (χ2v) is 8.26. The third kappa shape index (κ3) is 5.17. The van der Waals surface area contributed by atoms with Crippen LogP contribution in [0.1, 0.15) is 41.7 Å². The van der Waals surface area contributed by atoms with Crippen LogP contribution in [0.4, 0.5) is 11.4 Å². The molecule has 4 rings (SSSR count). The molecule has 0 spiro atoms. The minimum atomic E-state index is -0.532. The molecule has 1 saturated carbocycles. The van der Waals surface area contributed by atoms with Crippen LogP contribution in [0.2, 0.25) is 0 Å². The summed E-state index contributed by atoms with van der Waals surface area (Å²) in [6.45, 7) is 0.790. The molecule has 33 heavy (non-hydrogen) atoms. The Morgan fingerprint density at radius 1 is 1.18 bits per heavy atom. The molecule has 0 atom stereocenters. The molecular formula is C25H30N4O4. The van der Waals surface area contributed by atoms with Crippen LogP contribution in [0, 0.1) is 0 Å². The van der Waals surface area contributed by atoms with Crippen LogP contribution < -0.4 is 10.6 Å². The number of esters is 1. The summed E-state index contributed by atoms with van der Waals surface area (Å²) in [7, 11) is 2.93. The van der Waals surface area contributed by atoms with E-state index < -0.39 is 5.97 Å². The number of fused-ring (bicyclic) bond motifs is 1. The van der Waals surface area contributed by atoms with Crippen molar-refractivity contribution < 1.29 is 19.1 Å². The number of anilines is 2. The summed E-state index contributed by atoms with van der Waals surface area (Å²) in [4.78, 5) is 30.3. The summed E-state index contributed by atoms with van der Waals surface area (Å²) in [5, 5.41) is 7.16. The molecule has 1 fully saturated rings. The van der Waals surface area contributed by atoms with E-state index >= 15 is 0 Å². The molecular weight excluding hydrogens is 420 g/mol. The summed E-state index contributed by atoms with van der Waals surface area (Å²) in [6, 6.07) is 12.2. The van der Waals surface area contributed by atoms with Crippen LogP contribution in [0.25, 0.3) is 11.0 Å². The Hall–Kier alpha value is -3.39. The van der Waals surface area contributed by atoms with Gasteiger partial charge in [-0.2, -0.15) is 0 Å². The van der Waals surface area contributed by atoms with E-state index in [0.29, 0.717) is 48.8 Å². The molecule has 1 aromatic carbocycles. The Bertz CT molecular complexity index is 1120. The molecule has 0 bridgehead atoms. The predicted molar refractivity (Wildman–Crippen MR) is 128 cm³/mol. The average Bonchev–Trinajstić information content (AvgIpc) is 3.11. The number of hydrogen-bond acceptors (Lipinski definition) is 6. The molecule has 0 radical (unpaired) electrons. The van der Waals surface area contributed by atoms with Gasteiger partial charge in [-0.25, -0.2) is 9.78 Å². The van der Waals surface area contributed by atoms with E-state index in [0.717, 1.165) is 24.1 Å². The Balaban J connectivity index is 1.68. The molecule has 0 saturated heterocycles. The maximum Gasteiger partial charge on any atom is 0.356 e. The van der Waals surface area contributed by atoms with Gasteiger partial charge in [-0.1, -0.05) is 30.3 Å². The smallest absolute Gasteiger partial charge is 0.356 e. The number of amides is 1. The van der Waals surface area contributed by atoms with Gasteiger partial charge in [-0.3, -0.25) is 4.79 Å². The summed E-state index contributed by atoms with van der Waals surface area (Å²) in [5.41, 5.74) is 3.25. The monoisotopic (exact) mass is 450 g/mol. The lowest BCUT2D eigenvalue weighted by Crippen LogP contribution is -2.26. The first-order valence-electron chi connectivity index (χ1n) is 11.3. The minimum absolute atomic E-state index is 0.174. The Kier molecular flexibility index (Phi) is 7.24. The number of carbonyl (C=O) groups excluding carboxylic acids is 2. The van der Waals surface area contributed by atoms with E-state index in [9.17, 15) is 9.59 Å². The summed E-state index contributed by atoms with van der Waals surface area (Å²) in [5.74, 6) is -0.705. The first-order chi connectivity index (χ1) is 16.1. The van der Waals surface area contributed by atoms with Crippen LogP contribution in [0.3, 0.4) is 0 Å². The van der Waals surface area contributed by atoms with Gasteiger partial charge in [0.1, 0.15) is 5.65 Å². The Morgan fingerprint density at radius 3 is 2.64 bits per heavy atom. The molecule has 2 heterocycles. The van der Waals surface area contributed by atoms with E-state index in [1.165, 1.54) is 13.5 Å². The van der Waals surface area contributed by atoms with Gasteiger partial charge < -0.3 is 24.7 Å². The average molecular weight is 451 g/mol. The largest absolute Gasteiger partial charge is 0.464 e. The molecule has 3 aromatic rings. The van der Waals surface area contributed by atoms with Crippen LogP contribution in [-0.2, 0) is 27.2 Å². The van der Waals surface area contributed by atoms with Crippen LogP contribution in [-0.4, -0.2) is 48.3 Å². The Labute approximate surface area is 193 Å². The fourth-order valence-electron chi connectivity index (χ4n) is 4.03. The Morgan fingerprint density at radius 2 is 1.97 bits per heavy atom. The van der Waals surface area contributed by atoms with Crippen molar-refractivity contribution in [2.75, 3.05) is 31.5 Å². The summed E-state index contributed by atoms with van der Waals surface area (Å²) in [6.07, 6.45) is 6.15. The molecule has 0 aliphatic heterocycles. The van der Waals surface area contributed by atoms with Gasteiger partial charge in [-0.05, 0) is 37.3 Å². The minimum Gasteiger partial charge on any atom is -0.464 e. The normalized spacial score (nSPS) is 13.5. The van der Waals surface area contributed by atoms with Crippen LogP contribution in [0.5, 0.6) is 0 Å². The van der Waals surface area contributed by atoms with E-state index in [1.54, 1.807) is 17.9 Å². The number of nitrogens with one attached hydrogen (secondary N) is 2. The van der Waals surface area contributed by atoms with Crippen molar-refractivity contribution in [3.05, 3.63) is 53.9 Å².